The van der Waals surface area contributed by atoms with E-state index >= 15 is 0 Å². The van der Waals surface area contributed by atoms with E-state index < -0.39 is 0 Å². The molecule has 3 nitrogen and oxygen atoms in total. The molecule has 4 heteroatoms. The second-order valence-corrected chi connectivity index (χ2v) is 6.61. The Hall–Kier alpha value is -1.91. The molecule has 0 aliphatic carbocycles. The van der Waals surface area contributed by atoms with Crippen molar-refractivity contribution in [1.82, 2.24) is 4.90 Å². The Balaban J connectivity index is 2.25. The summed E-state index contributed by atoms with van der Waals surface area (Å²) in [5.74, 6) is 0.894. The lowest BCUT2D eigenvalue weighted by molar-refractivity contribution is 0.359. The first-order chi connectivity index (χ1) is 11.1. The number of rotatable bonds is 7. The summed E-state index contributed by atoms with van der Waals surface area (Å²) in [7, 11) is 4.14. The summed E-state index contributed by atoms with van der Waals surface area (Å²) in [4.78, 5) is 4.44. The van der Waals surface area contributed by atoms with Gasteiger partial charge in [0.1, 0.15) is 12.4 Å². The summed E-state index contributed by atoms with van der Waals surface area (Å²) in [6.45, 7) is 3.44. The van der Waals surface area contributed by atoms with E-state index in [2.05, 4.69) is 37.2 Å². The number of nitrogens with zero attached hydrogens (tertiary/aromatic N) is 1. The Morgan fingerprint density at radius 1 is 1.13 bits per heavy atom. The average molecular weight is 328 g/mol. The van der Waals surface area contributed by atoms with Crippen molar-refractivity contribution in [2.45, 2.75) is 23.3 Å². The monoisotopic (exact) mass is 328 g/mol. The van der Waals surface area contributed by atoms with Gasteiger partial charge in [-0.1, -0.05) is 36.0 Å². The zero-order valence-electron chi connectivity index (χ0n) is 14.0. The molecular weight excluding hydrogens is 304 g/mol. The smallest absolute Gasteiger partial charge is 0.120 e. The third-order valence-corrected chi connectivity index (χ3v) is 4.45. The minimum Gasteiger partial charge on any atom is -0.490 e. The third-order valence-electron chi connectivity index (χ3n) is 3.24. The summed E-state index contributed by atoms with van der Waals surface area (Å²) in [6, 6.07) is 14.2. The molecule has 0 spiro atoms. The first-order valence-electron chi connectivity index (χ1n) is 7.64. The molecule has 0 aliphatic rings. The van der Waals surface area contributed by atoms with Crippen LogP contribution in [0.25, 0.3) is 0 Å². The third kappa shape index (κ3) is 5.34. The van der Waals surface area contributed by atoms with E-state index in [1.54, 1.807) is 11.8 Å². The SMILES string of the molecule is C/C=C\COc1ccc(Sc2ccccc2N)c(CN(C)C)c1. The predicted octanol–water partition coefficient (Wildman–Crippen LogP) is 4.44. The van der Waals surface area contributed by atoms with Crippen molar-refractivity contribution in [1.29, 1.82) is 0 Å². The van der Waals surface area contributed by atoms with E-state index in [0.717, 1.165) is 22.9 Å². The Bertz CT molecular complexity index is 668. The second kappa shape index (κ2) is 8.65. The topological polar surface area (TPSA) is 38.5 Å². The van der Waals surface area contributed by atoms with E-state index in [4.69, 9.17) is 10.5 Å². The molecule has 0 radical (unpaired) electrons. The Kier molecular flexibility index (Phi) is 6.56. The van der Waals surface area contributed by atoms with Gasteiger partial charge in [0.25, 0.3) is 0 Å². The van der Waals surface area contributed by atoms with Crippen LogP contribution in [0.5, 0.6) is 5.75 Å². The summed E-state index contributed by atoms with van der Waals surface area (Å²) < 4.78 is 5.76. The summed E-state index contributed by atoms with van der Waals surface area (Å²) in [6.07, 6.45) is 3.99. The molecule has 0 saturated heterocycles. The summed E-state index contributed by atoms with van der Waals surface area (Å²) in [5, 5.41) is 0. The Morgan fingerprint density at radius 3 is 2.61 bits per heavy atom. The van der Waals surface area contributed by atoms with Crippen molar-refractivity contribution < 1.29 is 4.74 Å². The van der Waals surface area contributed by atoms with Crippen molar-refractivity contribution in [3.05, 3.63) is 60.2 Å². The number of hydrogen-bond acceptors (Lipinski definition) is 4. The molecule has 0 atom stereocenters. The van der Waals surface area contributed by atoms with Crippen molar-refractivity contribution in [2.75, 3.05) is 26.4 Å². The average Bonchev–Trinajstić information content (AvgIpc) is 2.51. The number of nitrogens with two attached hydrogens (primary N) is 1. The highest BCUT2D eigenvalue weighted by atomic mass is 32.2. The van der Waals surface area contributed by atoms with E-state index in [0.29, 0.717) is 6.61 Å². The number of para-hydroxylation sites is 1. The van der Waals surface area contributed by atoms with Crippen LogP contribution in [0.3, 0.4) is 0 Å². The van der Waals surface area contributed by atoms with Gasteiger partial charge < -0.3 is 15.4 Å². The molecule has 2 N–H and O–H groups in total. The molecule has 0 saturated carbocycles. The van der Waals surface area contributed by atoms with Crippen molar-refractivity contribution in [3.63, 3.8) is 0 Å². The van der Waals surface area contributed by atoms with Crippen molar-refractivity contribution in [2.24, 2.45) is 0 Å². The fourth-order valence-electron chi connectivity index (χ4n) is 2.14. The molecule has 0 amide bonds. The van der Waals surface area contributed by atoms with Gasteiger partial charge in [0, 0.05) is 22.0 Å². The number of nitrogen functional groups attached to an aromatic ring is 1. The van der Waals surface area contributed by atoms with Gasteiger partial charge in [0.15, 0.2) is 0 Å². The van der Waals surface area contributed by atoms with Crippen LogP contribution in [0.15, 0.2) is 64.4 Å². The number of hydrogen-bond donors (Lipinski definition) is 1. The van der Waals surface area contributed by atoms with Gasteiger partial charge in [-0.15, -0.1) is 0 Å². The highest BCUT2D eigenvalue weighted by Crippen LogP contribution is 2.35. The normalized spacial score (nSPS) is 11.3. The van der Waals surface area contributed by atoms with E-state index in [1.165, 1.54) is 10.5 Å². The molecule has 0 fully saturated rings. The number of anilines is 1. The van der Waals surface area contributed by atoms with Gasteiger partial charge >= 0.3 is 0 Å². The van der Waals surface area contributed by atoms with Crippen LogP contribution in [-0.2, 0) is 6.54 Å². The first-order valence-corrected chi connectivity index (χ1v) is 8.45. The van der Waals surface area contributed by atoms with Crippen LogP contribution in [0, 0.1) is 0 Å². The Morgan fingerprint density at radius 2 is 1.91 bits per heavy atom. The van der Waals surface area contributed by atoms with Crippen LogP contribution < -0.4 is 10.5 Å². The minimum absolute atomic E-state index is 0.593. The molecule has 23 heavy (non-hydrogen) atoms. The predicted molar refractivity (Wildman–Crippen MR) is 99.1 cm³/mol. The van der Waals surface area contributed by atoms with Gasteiger partial charge in [0.2, 0.25) is 0 Å². The van der Waals surface area contributed by atoms with Gasteiger partial charge in [-0.05, 0) is 56.9 Å². The molecule has 2 rings (SSSR count). The van der Waals surface area contributed by atoms with Gasteiger partial charge in [-0.25, -0.2) is 0 Å². The van der Waals surface area contributed by atoms with Gasteiger partial charge in [-0.3, -0.25) is 0 Å². The summed E-state index contributed by atoms with van der Waals surface area (Å²) in [5.41, 5.74) is 8.11. The quantitative estimate of drug-likeness (QED) is 0.602. The number of allylic oxidation sites excluding steroid dienone is 1. The zero-order valence-corrected chi connectivity index (χ0v) is 14.8. The standard InChI is InChI=1S/C19H24N2OS/c1-4-5-12-22-16-10-11-18(15(13-16)14-21(2)3)23-19-9-7-6-8-17(19)20/h4-11,13H,12,14,20H2,1-3H3/b5-4-. The molecule has 0 unspecified atom stereocenters. The maximum absolute atomic E-state index is 6.07. The first kappa shape index (κ1) is 17.4. The zero-order chi connectivity index (χ0) is 16.7. The van der Waals surface area contributed by atoms with Crippen LogP contribution in [-0.4, -0.2) is 25.6 Å². The van der Waals surface area contributed by atoms with Crippen molar-refractivity contribution >= 4 is 17.4 Å². The van der Waals surface area contributed by atoms with Gasteiger partial charge in [-0.2, -0.15) is 0 Å². The lowest BCUT2D eigenvalue weighted by atomic mass is 10.2. The number of ether oxygens (including phenoxy) is 1. The maximum atomic E-state index is 6.07. The molecular formula is C19H24N2OS. The van der Waals surface area contributed by atoms with Gasteiger partial charge in [0.05, 0.1) is 0 Å². The lowest BCUT2D eigenvalue weighted by Gasteiger charge is -2.16. The summed E-state index contributed by atoms with van der Waals surface area (Å²) >= 11 is 1.70. The Labute approximate surface area is 143 Å². The van der Waals surface area contributed by atoms with Crippen LogP contribution >= 0.6 is 11.8 Å². The van der Waals surface area contributed by atoms with Crippen LogP contribution in [0.2, 0.25) is 0 Å². The molecule has 122 valence electrons. The fraction of sp³-hybridized carbons (Fsp3) is 0.263. The largest absolute Gasteiger partial charge is 0.490 e. The van der Waals surface area contributed by atoms with Crippen LogP contribution in [0.1, 0.15) is 12.5 Å². The number of benzene rings is 2. The fourth-order valence-corrected chi connectivity index (χ4v) is 3.10. The van der Waals surface area contributed by atoms with Crippen LogP contribution in [0.4, 0.5) is 5.69 Å². The maximum Gasteiger partial charge on any atom is 0.120 e. The van der Waals surface area contributed by atoms with E-state index in [1.807, 2.05) is 43.3 Å². The minimum atomic E-state index is 0.593. The second-order valence-electron chi connectivity index (χ2n) is 5.53. The lowest BCUT2D eigenvalue weighted by Crippen LogP contribution is -2.11. The molecule has 0 aromatic heterocycles. The van der Waals surface area contributed by atoms with E-state index in [9.17, 15) is 0 Å². The molecule has 2 aromatic carbocycles. The highest BCUT2D eigenvalue weighted by Gasteiger charge is 2.09. The molecule has 0 heterocycles. The van der Waals surface area contributed by atoms with Crippen molar-refractivity contribution in [3.8, 4) is 5.75 Å². The molecule has 0 aliphatic heterocycles. The highest BCUT2D eigenvalue weighted by molar-refractivity contribution is 7.99. The molecule has 0 bridgehead atoms. The van der Waals surface area contributed by atoms with E-state index in [-0.39, 0.29) is 0 Å². The molecule has 2 aromatic rings.